The number of unbranched alkanes of at least 4 members (excludes halogenated alkanes) is 1. The first-order chi connectivity index (χ1) is 14.3. The number of halogens is 2. The number of benzene rings is 1. The van der Waals surface area contributed by atoms with Crippen molar-refractivity contribution in [3.63, 3.8) is 0 Å². The molecule has 0 radical (unpaired) electrons. The quantitative estimate of drug-likeness (QED) is 0.704. The number of carbonyl (C=O) groups is 1. The largest absolute Gasteiger partial charge is 0.353 e. The molecule has 2 aliphatic heterocycles. The number of carbonyl (C=O) groups excluding carboxylic acids is 1. The van der Waals surface area contributed by atoms with Crippen LogP contribution >= 0.6 is 0 Å². The Hall–Kier alpha value is -1.58. The average molecular weight is 444 g/mol. The highest BCUT2D eigenvalue weighted by molar-refractivity contribution is 7.89. The lowest BCUT2D eigenvalue weighted by atomic mass is 9.96. The van der Waals surface area contributed by atoms with E-state index >= 15 is 0 Å². The third-order valence-electron chi connectivity index (χ3n) is 6.10. The van der Waals surface area contributed by atoms with Crippen LogP contribution in [0.25, 0.3) is 0 Å². The Labute approximate surface area is 177 Å². The third kappa shape index (κ3) is 5.56. The summed E-state index contributed by atoms with van der Waals surface area (Å²) in [5, 5.41) is 3.12. The van der Waals surface area contributed by atoms with E-state index in [1.165, 1.54) is 12.8 Å². The van der Waals surface area contributed by atoms with Gasteiger partial charge in [-0.15, -0.1) is 0 Å². The van der Waals surface area contributed by atoms with Gasteiger partial charge in [0.1, 0.15) is 16.5 Å². The van der Waals surface area contributed by atoms with Gasteiger partial charge >= 0.3 is 0 Å². The first kappa shape index (κ1) is 23.1. The summed E-state index contributed by atoms with van der Waals surface area (Å²) >= 11 is 0. The summed E-state index contributed by atoms with van der Waals surface area (Å²) in [6.45, 7) is 5.49. The van der Waals surface area contributed by atoms with Crippen LogP contribution < -0.4 is 5.32 Å². The van der Waals surface area contributed by atoms with Gasteiger partial charge in [0.2, 0.25) is 15.9 Å². The Morgan fingerprint density at radius 1 is 1.10 bits per heavy atom. The van der Waals surface area contributed by atoms with Crippen LogP contribution in [0.2, 0.25) is 0 Å². The summed E-state index contributed by atoms with van der Waals surface area (Å²) in [7, 11) is -4.12. The monoisotopic (exact) mass is 443 g/mol. The standard InChI is InChI=1S/C21H31F2N3O3S/c1-2-3-10-25-11-8-18(9-12-25)24-21(27)16-6-13-26(14-7-16)30(28,29)20-15-17(22)4-5-19(20)23/h4-5,15-16,18H,2-3,6-14H2,1H3,(H,24,27). The summed E-state index contributed by atoms with van der Waals surface area (Å²) < 4.78 is 53.8. The van der Waals surface area contributed by atoms with E-state index in [0.717, 1.165) is 48.9 Å². The van der Waals surface area contributed by atoms with Crippen LogP contribution in [-0.2, 0) is 14.8 Å². The van der Waals surface area contributed by atoms with Crippen molar-refractivity contribution in [3.8, 4) is 0 Å². The zero-order valence-electron chi connectivity index (χ0n) is 17.4. The maximum absolute atomic E-state index is 13.9. The zero-order chi connectivity index (χ0) is 21.7. The maximum Gasteiger partial charge on any atom is 0.246 e. The lowest BCUT2D eigenvalue weighted by Gasteiger charge is -2.34. The fraction of sp³-hybridized carbons (Fsp3) is 0.667. The van der Waals surface area contributed by atoms with Crippen LogP contribution in [0.3, 0.4) is 0 Å². The molecule has 1 aromatic rings. The van der Waals surface area contributed by atoms with Gasteiger partial charge in [0, 0.05) is 38.1 Å². The van der Waals surface area contributed by atoms with E-state index in [1.807, 2.05) is 0 Å². The normalized spacial score (nSPS) is 20.4. The molecule has 30 heavy (non-hydrogen) atoms. The molecule has 168 valence electrons. The number of nitrogens with one attached hydrogen (secondary N) is 1. The van der Waals surface area contributed by atoms with Crippen LogP contribution in [0.1, 0.15) is 45.4 Å². The molecule has 2 fully saturated rings. The van der Waals surface area contributed by atoms with Crippen LogP contribution in [0.15, 0.2) is 23.1 Å². The van der Waals surface area contributed by atoms with Crippen LogP contribution in [-0.4, -0.2) is 62.3 Å². The number of rotatable bonds is 7. The molecule has 2 aliphatic rings. The smallest absolute Gasteiger partial charge is 0.246 e. The SMILES string of the molecule is CCCCN1CCC(NC(=O)C2CCN(S(=O)(=O)c3cc(F)ccc3F)CC2)CC1. The molecule has 2 saturated heterocycles. The van der Waals surface area contributed by atoms with Crippen molar-refractivity contribution in [2.75, 3.05) is 32.7 Å². The third-order valence-corrected chi connectivity index (χ3v) is 8.01. The van der Waals surface area contributed by atoms with E-state index in [9.17, 15) is 22.0 Å². The Kier molecular flexibility index (Phi) is 7.81. The van der Waals surface area contributed by atoms with Gasteiger partial charge in [-0.3, -0.25) is 4.79 Å². The highest BCUT2D eigenvalue weighted by Gasteiger charge is 2.34. The Morgan fingerprint density at radius 3 is 2.40 bits per heavy atom. The van der Waals surface area contributed by atoms with Crippen molar-refractivity contribution < 1.29 is 22.0 Å². The Morgan fingerprint density at radius 2 is 1.77 bits per heavy atom. The number of amides is 1. The van der Waals surface area contributed by atoms with E-state index in [1.54, 1.807) is 0 Å². The Bertz CT molecular complexity index is 834. The molecule has 0 saturated carbocycles. The molecule has 0 unspecified atom stereocenters. The molecule has 0 spiro atoms. The van der Waals surface area contributed by atoms with Gasteiger partial charge in [0.25, 0.3) is 0 Å². The highest BCUT2D eigenvalue weighted by atomic mass is 32.2. The summed E-state index contributed by atoms with van der Waals surface area (Å²) in [4.78, 5) is 14.4. The fourth-order valence-electron chi connectivity index (χ4n) is 4.17. The van der Waals surface area contributed by atoms with E-state index < -0.39 is 26.6 Å². The highest BCUT2D eigenvalue weighted by Crippen LogP contribution is 2.26. The summed E-state index contributed by atoms with van der Waals surface area (Å²) in [5.41, 5.74) is 0. The molecular formula is C21H31F2N3O3S. The molecule has 3 rings (SSSR count). The minimum Gasteiger partial charge on any atom is -0.353 e. The van der Waals surface area contributed by atoms with E-state index in [4.69, 9.17) is 0 Å². The van der Waals surface area contributed by atoms with Crippen LogP contribution in [0.4, 0.5) is 8.78 Å². The second-order valence-electron chi connectivity index (χ2n) is 8.23. The van der Waals surface area contributed by atoms with Gasteiger partial charge in [0.05, 0.1) is 0 Å². The number of nitrogens with zero attached hydrogens (tertiary/aromatic N) is 2. The van der Waals surface area contributed by atoms with Gasteiger partial charge in [-0.2, -0.15) is 4.31 Å². The van der Waals surface area contributed by atoms with Crippen molar-refractivity contribution in [2.24, 2.45) is 5.92 Å². The number of likely N-dealkylation sites (tertiary alicyclic amines) is 1. The molecule has 0 aliphatic carbocycles. The van der Waals surface area contributed by atoms with Crippen LogP contribution in [0.5, 0.6) is 0 Å². The zero-order valence-corrected chi connectivity index (χ0v) is 18.3. The van der Waals surface area contributed by atoms with Gasteiger partial charge in [-0.1, -0.05) is 13.3 Å². The minimum absolute atomic E-state index is 0.0315. The topological polar surface area (TPSA) is 69.7 Å². The lowest BCUT2D eigenvalue weighted by molar-refractivity contribution is -0.127. The van der Waals surface area contributed by atoms with Gasteiger partial charge in [-0.25, -0.2) is 17.2 Å². The van der Waals surface area contributed by atoms with E-state index in [0.29, 0.717) is 18.9 Å². The molecule has 0 bridgehead atoms. The number of hydrogen-bond donors (Lipinski definition) is 1. The predicted molar refractivity (Wildman–Crippen MR) is 110 cm³/mol. The van der Waals surface area contributed by atoms with E-state index in [2.05, 4.69) is 17.1 Å². The molecule has 1 N–H and O–H groups in total. The predicted octanol–water partition coefficient (Wildman–Crippen LogP) is 2.75. The van der Waals surface area contributed by atoms with Crippen molar-refractivity contribution in [2.45, 2.75) is 56.4 Å². The molecule has 9 heteroatoms. The van der Waals surface area contributed by atoms with Crippen molar-refractivity contribution in [3.05, 3.63) is 29.8 Å². The van der Waals surface area contributed by atoms with Crippen molar-refractivity contribution >= 4 is 15.9 Å². The van der Waals surface area contributed by atoms with E-state index in [-0.39, 0.29) is 31.0 Å². The first-order valence-corrected chi connectivity index (χ1v) is 12.2. The Balaban J connectivity index is 1.49. The summed E-state index contributed by atoms with van der Waals surface area (Å²) in [6, 6.07) is 2.57. The second kappa shape index (κ2) is 10.2. The van der Waals surface area contributed by atoms with Gasteiger partial charge < -0.3 is 10.2 Å². The molecule has 2 heterocycles. The molecule has 0 atom stereocenters. The maximum atomic E-state index is 13.9. The summed E-state index contributed by atoms with van der Waals surface area (Å²) in [6.07, 6.45) is 4.98. The van der Waals surface area contributed by atoms with Crippen molar-refractivity contribution in [1.82, 2.24) is 14.5 Å². The minimum atomic E-state index is -4.12. The molecule has 6 nitrogen and oxygen atoms in total. The van der Waals surface area contributed by atoms with Crippen molar-refractivity contribution in [1.29, 1.82) is 0 Å². The lowest BCUT2D eigenvalue weighted by Crippen LogP contribution is -2.48. The van der Waals surface area contributed by atoms with Crippen LogP contribution in [0, 0.1) is 17.6 Å². The number of piperidine rings is 2. The average Bonchev–Trinajstić information content (AvgIpc) is 2.75. The molecule has 1 amide bonds. The van der Waals surface area contributed by atoms with Gasteiger partial charge in [-0.05, 0) is 56.8 Å². The molecular weight excluding hydrogens is 412 g/mol. The first-order valence-electron chi connectivity index (χ1n) is 10.8. The number of sulfonamides is 1. The summed E-state index contributed by atoms with van der Waals surface area (Å²) in [5.74, 6) is -2.06. The molecule has 0 aromatic heterocycles. The number of hydrogen-bond acceptors (Lipinski definition) is 4. The molecule has 1 aromatic carbocycles. The van der Waals surface area contributed by atoms with Gasteiger partial charge in [0.15, 0.2) is 0 Å². The fourth-order valence-corrected chi connectivity index (χ4v) is 5.72. The second-order valence-corrected chi connectivity index (χ2v) is 10.1.